The van der Waals surface area contributed by atoms with Crippen molar-refractivity contribution in [1.29, 1.82) is 0 Å². The normalized spacial score (nSPS) is 22.4. The molecule has 0 amide bonds. The second-order valence-corrected chi connectivity index (χ2v) is 5.25. The first kappa shape index (κ1) is 14.1. The molecule has 5 nitrogen and oxygen atoms in total. The van der Waals surface area contributed by atoms with Crippen LogP contribution < -0.4 is 10.5 Å². The smallest absolute Gasteiger partial charge is 0.312 e. The zero-order valence-electron chi connectivity index (χ0n) is 10.5. The number of benzene rings is 1. The number of nitro groups is 1. The van der Waals surface area contributed by atoms with Crippen LogP contribution in [0.5, 0.6) is 5.75 Å². The predicted octanol–water partition coefficient (Wildman–Crippen LogP) is 3.00. The predicted molar refractivity (Wildman–Crippen MR) is 73.5 cm³/mol. The lowest BCUT2D eigenvalue weighted by Crippen LogP contribution is -2.23. The number of rotatable bonds is 5. The quantitative estimate of drug-likeness (QED) is 0.666. The average Bonchev–Trinajstić information content (AvgIpc) is 2.84. The molecule has 0 bridgehead atoms. The van der Waals surface area contributed by atoms with E-state index in [-0.39, 0.29) is 16.5 Å². The first-order chi connectivity index (χ1) is 9.13. The van der Waals surface area contributed by atoms with Crippen LogP contribution in [0.1, 0.15) is 19.3 Å². The number of hydrogen-bond donors (Lipinski definition) is 1. The van der Waals surface area contributed by atoms with Gasteiger partial charge in [-0.25, -0.2) is 0 Å². The number of para-hydroxylation sites is 1. The largest absolute Gasteiger partial charge is 0.485 e. The van der Waals surface area contributed by atoms with Crippen LogP contribution in [0.3, 0.4) is 0 Å². The average molecular weight is 285 g/mol. The van der Waals surface area contributed by atoms with Crippen molar-refractivity contribution in [2.24, 2.45) is 17.6 Å². The fourth-order valence-corrected chi connectivity index (χ4v) is 2.84. The maximum Gasteiger partial charge on any atom is 0.312 e. The van der Waals surface area contributed by atoms with Gasteiger partial charge in [-0.2, -0.15) is 0 Å². The number of ether oxygens (including phenoxy) is 1. The second-order valence-electron chi connectivity index (χ2n) is 4.84. The van der Waals surface area contributed by atoms with Gasteiger partial charge < -0.3 is 10.5 Å². The third kappa shape index (κ3) is 3.16. The highest BCUT2D eigenvalue weighted by Gasteiger charge is 2.28. The monoisotopic (exact) mass is 284 g/mol. The van der Waals surface area contributed by atoms with Crippen LogP contribution in [-0.4, -0.2) is 18.1 Å². The number of halogens is 1. The van der Waals surface area contributed by atoms with Crippen molar-refractivity contribution < 1.29 is 9.66 Å². The molecule has 0 radical (unpaired) electrons. The zero-order valence-corrected chi connectivity index (χ0v) is 11.3. The van der Waals surface area contributed by atoms with Crippen LogP contribution in [0.2, 0.25) is 5.02 Å². The summed E-state index contributed by atoms with van der Waals surface area (Å²) in [6.45, 7) is 1.07. The lowest BCUT2D eigenvalue weighted by atomic mass is 9.97. The van der Waals surface area contributed by atoms with E-state index in [0.29, 0.717) is 25.0 Å². The summed E-state index contributed by atoms with van der Waals surface area (Å²) < 4.78 is 5.62. The summed E-state index contributed by atoms with van der Waals surface area (Å²) in [7, 11) is 0. The van der Waals surface area contributed by atoms with Gasteiger partial charge >= 0.3 is 5.69 Å². The van der Waals surface area contributed by atoms with Gasteiger partial charge in [-0.05, 0) is 37.3 Å². The Morgan fingerprint density at radius 1 is 1.42 bits per heavy atom. The number of nitro benzene ring substituents is 1. The van der Waals surface area contributed by atoms with Gasteiger partial charge in [-0.15, -0.1) is 0 Å². The summed E-state index contributed by atoms with van der Waals surface area (Å²) in [6.07, 6.45) is 3.30. The highest BCUT2D eigenvalue weighted by molar-refractivity contribution is 6.32. The molecule has 1 aliphatic carbocycles. The van der Waals surface area contributed by atoms with E-state index in [1.807, 2.05) is 0 Å². The van der Waals surface area contributed by atoms with Gasteiger partial charge in [0.15, 0.2) is 0 Å². The minimum Gasteiger partial charge on any atom is -0.485 e. The SMILES string of the molecule is NCC1CCCC1COc1c(Cl)cccc1[N+](=O)[O-]. The van der Waals surface area contributed by atoms with Crippen LogP contribution in [-0.2, 0) is 0 Å². The summed E-state index contributed by atoms with van der Waals surface area (Å²) in [5.41, 5.74) is 5.62. The molecule has 6 heteroatoms. The minimum atomic E-state index is -0.476. The molecule has 1 saturated carbocycles. The van der Waals surface area contributed by atoms with Crippen molar-refractivity contribution in [3.63, 3.8) is 0 Å². The van der Waals surface area contributed by atoms with E-state index in [2.05, 4.69) is 0 Å². The van der Waals surface area contributed by atoms with Gasteiger partial charge in [0, 0.05) is 6.07 Å². The Morgan fingerprint density at radius 3 is 2.84 bits per heavy atom. The summed E-state index contributed by atoms with van der Waals surface area (Å²) in [5, 5.41) is 11.2. The van der Waals surface area contributed by atoms with Gasteiger partial charge in [-0.1, -0.05) is 24.1 Å². The van der Waals surface area contributed by atoms with Crippen molar-refractivity contribution in [3.8, 4) is 5.75 Å². The molecule has 1 aromatic carbocycles. The molecule has 1 fully saturated rings. The van der Waals surface area contributed by atoms with Crippen molar-refractivity contribution in [2.45, 2.75) is 19.3 Å². The number of nitrogens with zero attached hydrogens (tertiary/aromatic N) is 1. The maximum atomic E-state index is 10.9. The van der Waals surface area contributed by atoms with Crippen molar-refractivity contribution in [1.82, 2.24) is 0 Å². The highest BCUT2D eigenvalue weighted by Crippen LogP contribution is 2.37. The molecular weight excluding hydrogens is 268 g/mol. The maximum absolute atomic E-state index is 10.9. The van der Waals surface area contributed by atoms with Gasteiger partial charge in [0.05, 0.1) is 16.6 Å². The molecule has 1 aliphatic rings. The Morgan fingerprint density at radius 2 is 2.16 bits per heavy atom. The topological polar surface area (TPSA) is 78.4 Å². The third-order valence-corrected chi connectivity index (χ3v) is 4.00. The summed E-state index contributed by atoms with van der Waals surface area (Å²) in [5.74, 6) is 0.972. The Bertz CT molecular complexity index is 467. The van der Waals surface area contributed by atoms with E-state index in [1.165, 1.54) is 6.07 Å². The molecular formula is C13H17ClN2O3. The molecule has 0 heterocycles. The van der Waals surface area contributed by atoms with Crippen LogP contribution in [0, 0.1) is 22.0 Å². The van der Waals surface area contributed by atoms with Crippen molar-refractivity contribution >= 4 is 17.3 Å². The van der Waals surface area contributed by atoms with Crippen LogP contribution in [0.4, 0.5) is 5.69 Å². The van der Waals surface area contributed by atoms with Gasteiger partial charge in [-0.3, -0.25) is 10.1 Å². The zero-order chi connectivity index (χ0) is 13.8. The summed E-state index contributed by atoms with van der Waals surface area (Å²) >= 11 is 5.98. The first-order valence-electron chi connectivity index (χ1n) is 6.39. The van der Waals surface area contributed by atoms with E-state index >= 15 is 0 Å². The first-order valence-corrected chi connectivity index (χ1v) is 6.77. The van der Waals surface area contributed by atoms with Crippen LogP contribution in [0.25, 0.3) is 0 Å². The van der Waals surface area contributed by atoms with Crippen molar-refractivity contribution in [3.05, 3.63) is 33.3 Å². The molecule has 0 spiro atoms. The molecule has 19 heavy (non-hydrogen) atoms. The molecule has 104 valence electrons. The van der Waals surface area contributed by atoms with E-state index in [1.54, 1.807) is 12.1 Å². The fourth-order valence-electron chi connectivity index (χ4n) is 2.62. The number of nitrogens with two attached hydrogens (primary N) is 1. The molecule has 2 rings (SSSR count). The van der Waals surface area contributed by atoms with Crippen LogP contribution >= 0.6 is 11.6 Å². The highest BCUT2D eigenvalue weighted by atomic mass is 35.5. The fraction of sp³-hybridized carbons (Fsp3) is 0.538. The van der Waals surface area contributed by atoms with Crippen LogP contribution in [0.15, 0.2) is 18.2 Å². The lowest BCUT2D eigenvalue weighted by Gasteiger charge is -2.18. The third-order valence-electron chi connectivity index (χ3n) is 3.70. The molecule has 0 aliphatic heterocycles. The molecule has 0 saturated heterocycles. The minimum absolute atomic E-state index is 0.0882. The Labute approximate surface area is 116 Å². The van der Waals surface area contributed by atoms with E-state index in [0.717, 1.165) is 19.3 Å². The van der Waals surface area contributed by atoms with E-state index in [9.17, 15) is 10.1 Å². The standard InChI is InChI=1S/C13H17ClN2O3/c14-11-5-2-6-12(16(17)18)13(11)19-8-10-4-1-3-9(10)7-15/h2,5-6,9-10H,1,3-4,7-8,15H2. The Kier molecular flexibility index (Phi) is 4.61. The summed E-state index contributed by atoms with van der Waals surface area (Å²) in [4.78, 5) is 10.5. The van der Waals surface area contributed by atoms with E-state index < -0.39 is 4.92 Å². The molecule has 2 atom stereocenters. The molecule has 0 aromatic heterocycles. The van der Waals surface area contributed by atoms with Gasteiger partial charge in [0.2, 0.25) is 5.75 Å². The molecule has 2 N–H and O–H groups in total. The van der Waals surface area contributed by atoms with E-state index in [4.69, 9.17) is 22.1 Å². The van der Waals surface area contributed by atoms with Crippen molar-refractivity contribution in [2.75, 3.05) is 13.2 Å². The van der Waals surface area contributed by atoms with Gasteiger partial charge in [0.25, 0.3) is 0 Å². The molecule has 2 unspecified atom stereocenters. The van der Waals surface area contributed by atoms with Gasteiger partial charge in [0.1, 0.15) is 0 Å². The summed E-state index contributed by atoms with van der Waals surface area (Å²) in [6, 6.07) is 4.54. The Hall–Kier alpha value is -1.33. The molecule has 1 aromatic rings. The number of hydrogen-bond acceptors (Lipinski definition) is 4. The Balaban J connectivity index is 2.09. The second kappa shape index (κ2) is 6.21. The lowest BCUT2D eigenvalue weighted by molar-refractivity contribution is -0.385.